The van der Waals surface area contributed by atoms with E-state index in [0.29, 0.717) is 11.3 Å². The summed E-state index contributed by atoms with van der Waals surface area (Å²) in [7, 11) is 1.64. The molecule has 1 unspecified atom stereocenters. The van der Waals surface area contributed by atoms with E-state index in [4.69, 9.17) is 0 Å². The van der Waals surface area contributed by atoms with Crippen molar-refractivity contribution < 1.29 is 18.3 Å². The summed E-state index contributed by atoms with van der Waals surface area (Å²) < 4.78 is 40.9. The Morgan fingerprint density at radius 3 is 2.39 bits per heavy atom. The van der Waals surface area contributed by atoms with Crippen molar-refractivity contribution in [2.45, 2.75) is 13.0 Å². The maximum Gasteiger partial charge on any atom is 0.194 e. The van der Waals surface area contributed by atoms with Gasteiger partial charge in [0.1, 0.15) is 6.10 Å². The van der Waals surface area contributed by atoms with Crippen molar-refractivity contribution in [3.8, 4) is 0 Å². The molecule has 96 valence electrons. The van der Waals surface area contributed by atoms with Crippen molar-refractivity contribution in [2.75, 3.05) is 0 Å². The second kappa shape index (κ2) is 4.45. The molecule has 0 aliphatic carbocycles. The van der Waals surface area contributed by atoms with E-state index in [0.717, 1.165) is 12.1 Å². The van der Waals surface area contributed by atoms with Crippen LogP contribution in [-0.2, 0) is 7.05 Å². The van der Waals surface area contributed by atoms with E-state index in [1.807, 2.05) is 0 Å². The van der Waals surface area contributed by atoms with Crippen LogP contribution >= 0.6 is 0 Å². The number of rotatable bonds is 2. The lowest BCUT2D eigenvalue weighted by Gasteiger charge is -2.11. The molecule has 0 fully saturated rings. The predicted molar refractivity (Wildman–Crippen MR) is 58.3 cm³/mol. The summed E-state index contributed by atoms with van der Waals surface area (Å²) >= 11 is 0. The molecule has 1 aromatic heterocycles. The van der Waals surface area contributed by atoms with E-state index in [1.54, 1.807) is 14.0 Å². The molecule has 6 heteroatoms. The Morgan fingerprint density at radius 1 is 1.17 bits per heavy atom. The van der Waals surface area contributed by atoms with Crippen molar-refractivity contribution >= 4 is 0 Å². The molecule has 0 radical (unpaired) electrons. The van der Waals surface area contributed by atoms with Crippen LogP contribution < -0.4 is 0 Å². The van der Waals surface area contributed by atoms with Crippen LogP contribution in [-0.4, -0.2) is 14.9 Å². The zero-order valence-electron chi connectivity index (χ0n) is 9.78. The first-order valence-electron chi connectivity index (χ1n) is 5.23. The highest BCUT2D eigenvalue weighted by Gasteiger charge is 2.22. The Bertz CT molecular complexity index is 595. The maximum atomic E-state index is 13.5. The smallest absolute Gasteiger partial charge is 0.194 e. The van der Waals surface area contributed by atoms with Crippen LogP contribution in [0, 0.1) is 24.4 Å². The largest absolute Gasteiger partial charge is 0.383 e. The van der Waals surface area contributed by atoms with Gasteiger partial charge in [0.2, 0.25) is 0 Å². The Kier molecular flexibility index (Phi) is 3.13. The molecule has 1 heterocycles. The van der Waals surface area contributed by atoms with Crippen LogP contribution in [0.1, 0.15) is 22.9 Å². The number of benzene rings is 1. The molecule has 1 N–H and O–H groups in total. The zero-order chi connectivity index (χ0) is 13.4. The Balaban J connectivity index is 2.49. The number of aromatic nitrogens is 2. The summed E-state index contributed by atoms with van der Waals surface area (Å²) in [5.41, 5.74) is 0.529. The molecule has 2 rings (SSSR count). The fourth-order valence-corrected chi connectivity index (χ4v) is 1.81. The molecule has 0 spiro atoms. The normalized spacial score (nSPS) is 12.8. The van der Waals surface area contributed by atoms with Crippen molar-refractivity contribution in [2.24, 2.45) is 7.05 Å². The molecule has 1 aromatic carbocycles. The summed E-state index contributed by atoms with van der Waals surface area (Å²) in [6, 6.07) is 1.80. The highest BCUT2D eigenvalue weighted by atomic mass is 19.2. The molecule has 0 saturated heterocycles. The molecular weight excluding hydrogens is 245 g/mol. The molecule has 0 amide bonds. The first-order valence-corrected chi connectivity index (χ1v) is 5.23. The molecule has 3 nitrogen and oxygen atoms in total. The van der Waals surface area contributed by atoms with Gasteiger partial charge in [-0.1, -0.05) is 6.07 Å². The molecule has 0 aliphatic heterocycles. The van der Waals surface area contributed by atoms with Gasteiger partial charge in [-0.3, -0.25) is 4.68 Å². The molecule has 0 saturated carbocycles. The fourth-order valence-electron chi connectivity index (χ4n) is 1.81. The number of hydrogen-bond donors (Lipinski definition) is 1. The van der Waals surface area contributed by atoms with Crippen LogP contribution in [0.5, 0.6) is 0 Å². The minimum Gasteiger partial charge on any atom is -0.383 e. The zero-order valence-corrected chi connectivity index (χ0v) is 9.78. The van der Waals surface area contributed by atoms with Gasteiger partial charge in [0.05, 0.1) is 5.69 Å². The average Bonchev–Trinajstić information content (AvgIpc) is 2.65. The van der Waals surface area contributed by atoms with Crippen molar-refractivity contribution in [3.05, 3.63) is 52.6 Å². The van der Waals surface area contributed by atoms with Gasteiger partial charge in [-0.05, 0) is 13.0 Å². The van der Waals surface area contributed by atoms with Gasteiger partial charge in [0, 0.05) is 24.4 Å². The lowest BCUT2D eigenvalue weighted by atomic mass is 10.0. The molecule has 0 aliphatic rings. The number of nitrogens with zero attached hydrogens (tertiary/aromatic N) is 2. The van der Waals surface area contributed by atoms with E-state index >= 15 is 0 Å². The van der Waals surface area contributed by atoms with Gasteiger partial charge >= 0.3 is 0 Å². The second-order valence-electron chi connectivity index (χ2n) is 4.01. The van der Waals surface area contributed by atoms with E-state index in [1.165, 1.54) is 10.9 Å². The third-order valence-corrected chi connectivity index (χ3v) is 2.71. The van der Waals surface area contributed by atoms with Gasteiger partial charge in [0.25, 0.3) is 0 Å². The summed E-state index contributed by atoms with van der Waals surface area (Å²) in [5.74, 6) is -4.26. The lowest BCUT2D eigenvalue weighted by molar-refractivity contribution is 0.212. The Morgan fingerprint density at radius 2 is 1.83 bits per heavy atom. The highest BCUT2D eigenvalue weighted by molar-refractivity contribution is 5.32. The quantitative estimate of drug-likeness (QED) is 0.837. The standard InChI is InChI=1S/C12H11F3N2O/c1-6-8(5-17(2)16-6)12(18)7-3-4-9(13)11(15)10(7)14/h3-5,12,18H,1-2H3. The highest BCUT2D eigenvalue weighted by Crippen LogP contribution is 2.28. The van der Waals surface area contributed by atoms with Crippen LogP contribution in [0.3, 0.4) is 0 Å². The summed E-state index contributed by atoms with van der Waals surface area (Å²) in [4.78, 5) is 0. The molecule has 0 bridgehead atoms. The number of aryl methyl sites for hydroxylation is 2. The van der Waals surface area contributed by atoms with Crippen LogP contribution in [0.15, 0.2) is 18.3 Å². The van der Waals surface area contributed by atoms with E-state index in [2.05, 4.69) is 5.10 Å². The maximum absolute atomic E-state index is 13.5. The molecular formula is C12H11F3N2O. The fraction of sp³-hybridized carbons (Fsp3) is 0.250. The summed E-state index contributed by atoms with van der Waals surface area (Å²) in [6.45, 7) is 1.64. The number of hydrogen-bond acceptors (Lipinski definition) is 2. The first kappa shape index (κ1) is 12.6. The lowest BCUT2D eigenvalue weighted by Crippen LogP contribution is -2.06. The Labute approximate surface area is 101 Å². The topological polar surface area (TPSA) is 38.0 Å². The van der Waals surface area contributed by atoms with Gasteiger partial charge in [-0.25, -0.2) is 13.2 Å². The minimum absolute atomic E-state index is 0.315. The SMILES string of the molecule is Cc1nn(C)cc1C(O)c1ccc(F)c(F)c1F. The van der Waals surface area contributed by atoms with E-state index in [-0.39, 0.29) is 5.56 Å². The van der Waals surface area contributed by atoms with Gasteiger partial charge < -0.3 is 5.11 Å². The number of halogens is 3. The second-order valence-corrected chi connectivity index (χ2v) is 4.01. The number of aliphatic hydroxyl groups is 1. The molecule has 2 aromatic rings. The Hall–Kier alpha value is -1.82. The van der Waals surface area contributed by atoms with Crippen molar-refractivity contribution in [1.29, 1.82) is 0 Å². The monoisotopic (exact) mass is 256 g/mol. The van der Waals surface area contributed by atoms with Crippen LogP contribution in [0.25, 0.3) is 0 Å². The summed E-state index contributed by atoms with van der Waals surface area (Å²) in [6.07, 6.45) is 0.120. The average molecular weight is 256 g/mol. The number of aliphatic hydroxyl groups excluding tert-OH is 1. The van der Waals surface area contributed by atoms with Gasteiger partial charge in [-0.2, -0.15) is 5.10 Å². The van der Waals surface area contributed by atoms with Crippen molar-refractivity contribution in [1.82, 2.24) is 9.78 Å². The van der Waals surface area contributed by atoms with Gasteiger partial charge in [-0.15, -0.1) is 0 Å². The van der Waals surface area contributed by atoms with Gasteiger partial charge in [0.15, 0.2) is 17.5 Å². The third kappa shape index (κ3) is 1.99. The predicted octanol–water partition coefficient (Wildman–Crippen LogP) is 2.23. The third-order valence-electron chi connectivity index (χ3n) is 2.71. The molecule has 1 atom stereocenters. The van der Waals surface area contributed by atoms with E-state index < -0.39 is 23.6 Å². The van der Waals surface area contributed by atoms with Crippen molar-refractivity contribution in [3.63, 3.8) is 0 Å². The minimum atomic E-state index is -1.59. The molecule has 18 heavy (non-hydrogen) atoms. The van der Waals surface area contributed by atoms with E-state index in [9.17, 15) is 18.3 Å². The van der Waals surface area contributed by atoms with Crippen LogP contribution in [0.2, 0.25) is 0 Å². The summed E-state index contributed by atoms with van der Waals surface area (Å²) in [5, 5.41) is 14.0. The first-order chi connectivity index (χ1) is 8.41. The van der Waals surface area contributed by atoms with Crippen LogP contribution in [0.4, 0.5) is 13.2 Å².